The summed E-state index contributed by atoms with van der Waals surface area (Å²) in [6.45, 7) is 0. The van der Waals surface area contributed by atoms with Crippen LogP contribution in [0.4, 0.5) is 20.4 Å². The van der Waals surface area contributed by atoms with Crippen molar-refractivity contribution < 1.29 is 18.1 Å². The van der Waals surface area contributed by atoms with E-state index in [-0.39, 0.29) is 22.8 Å². The maximum absolute atomic E-state index is 13.8. The van der Waals surface area contributed by atoms with E-state index in [4.69, 9.17) is 10.3 Å². The van der Waals surface area contributed by atoms with E-state index in [0.717, 1.165) is 17.5 Å². The Kier molecular flexibility index (Phi) is 4.00. The molecule has 0 aliphatic heterocycles. The number of para-hydroxylation sites is 1. The molecule has 0 unspecified atom stereocenters. The van der Waals surface area contributed by atoms with Crippen molar-refractivity contribution in [2.24, 2.45) is 0 Å². The number of nitrogens with two attached hydrogens (primary N) is 1. The number of rotatable bonds is 3. The molecule has 0 atom stereocenters. The van der Waals surface area contributed by atoms with Crippen molar-refractivity contribution in [1.29, 1.82) is 0 Å². The molecular formula is C19H12F2N4O2. The first-order valence-electron chi connectivity index (χ1n) is 7.90. The van der Waals surface area contributed by atoms with Gasteiger partial charge >= 0.3 is 0 Å². The summed E-state index contributed by atoms with van der Waals surface area (Å²) in [5, 5.41) is 7.07. The number of hydrogen-bond acceptors (Lipinski definition) is 5. The molecular weight excluding hydrogens is 354 g/mol. The van der Waals surface area contributed by atoms with Crippen LogP contribution in [0.25, 0.3) is 22.3 Å². The number of carbonyl (C=O) groups is 1. The smallest absolute Gasteiger partial charge is 0.263 e. The lowest BCUT2D eigenvalue weighted by atomic mass is 10.1. The Balaban J connectivity index is 1.73. The van der Waals surface area contributed by atoms with Crippen molar-refractivity contribution in [2.75, 3.05) is 11.1 Å². The monoisotopic (exact) mass is 366 g/mol. The molecule has 0 spiro atoms. The fraction of sp³-hybridized carbons (Fsp3) is 0. The van der Waals surface area contributed by atoms with Gasteiger partial charge in [0.1, 0.15) is 22.9 Å². The third-order valence-corrected chi connectivity index (χ3v) is 3.97. The van der Waals surface area contributed by atoms with Crippen molar-refractivity contribution in [3.63, 3.8) is 0 Å². The largest absolute Gasteiger partial charge is 0.367 e. The van der Waals surface area contributed by atoms with Gasteiger partial charge < -0.3 is 15.6 Å². The lowest BCUT2D eigenvalue weighted by molar-refractivity contribution is 0.102. The Hall–Kier alpha value is -3.81. The predicted octanol–water partition coefficient (Wildman–Crippen LogP) is 4.00. The van der Waals surface area contributed by atoms with Crippen LogP contribution in [0, 0.1) is 11.6 Å². The van der Waals surface area contributed by atoms with Crippen LogP contribution in [0.5, 0.6) is 0 Å². The van der Waals surface area contributed by atoms with Gasteiger partial charge in [0.15, 0.2) is 0 Å². The molecule has 1 amide bonds. The van der Waals surface area contributed by atoms with Crippen LogP contribution >= 0.6 is 0 Å². The second-order valence-electron chi connectivity index (χ2n) is 5.74. The van der Waals surface area contributed by atoms with Gasteiger partial charge in [-0.05, 0) is 24.3 Å². The summed E-state index contributed by atoms with van der Waals surface area (Å²) in [6.07, 6.45) is 0. The van der Waals surface area contributed by atoms with Gasteiger partial charge in [0.2, 0.25) is 5.88 Å². The highest BCUT2D eigenvalue weighted by molar-refractivity contribution is 6.10. The second kappa shape index (κ2) is 6.49. The Morgan fingerprint density at radius 3 is 2.70 bits per heavy atom. The minimum absolute atomic E-state index is 0.0819. The van der Waals surface area contributed by atoms with Gasteiger partial charge in [-0.1, -0.05) is 29.4 Å². The van der Waals surface area contributed by atoms with Crippen molar-refractivity contribution in [2.45, 2.75) is 0 Å². The van der Waals surface area contributed by atoms with E-state index in [1.165, 1.54) is 0 Å². The van der Waals surface area contributed by atoms with Gasteiger partial charge in [-0.25, -0.2) is 13.8 Å². The molecule has 8 heteroatoms. The summed E-state index contributed by atoms with van der Waals surface area (Å²) in [6, 6.07) is 13.7. The third kappa shape index (κ3) is 3.08. The number of nitrogen functional groups attached to an aromatic ring is 1. The molecule has 0 aliphatic rings. The van der Waals surface area contributed by atoms with Crippen LogP contribution in [0.1, 0.15) is 10.4 Å². The third-order valence-electron chi connectivity index (χ3n) is 3.97. The maximum Gasteiger partial charge on any atom is 0.263 e. The van der Waals surface area contributed by atoms with Crippen LogP contribution < -0.4 is 11.1 Å². The van der Waals surface area contributed by atoms with Crippen LogP contribution in [-0.4, -0.2) is 16.0 Å². The molecule has 0 saturated heterocycles. The predicted molar refractivity (Wildman–Crippen MR) is 96.0 cm³/mol. The number of anilines is 2. The second-order valence-corrected chi connectivity index (χ2v) is 5.74. The summed E-state index contributed by atoms with van der Waals surface area (Å²) >= 11 is 0. The molecule has 134 valence electrons. The lowest BCUT2D eigenvalue weighted by Crippen LogP contribution is -2.15. The molecule has 0 bridgehead atoms. The zero-order valence-corrected chi connectivity index (χ0v) is 13.7. The quantitative estimate of drug-likeness (QED) is 0.571. The number of aromatic nitrogens is 2. The van der Waals surface area contributed by atoms with Gasteiger partial charge in [0, 0.05) is 11.5 Å². The van der Waals surface area contributed by atoms with Gasteiger partial charge in [-0.15, -0.1) is 0 Å². The van der Waals surface area contributed by atoms with E-state index >= 15 is 0 Å². The van der Waals surface area contributed by atoms with E-state index < -0.39 is 17.5 Å². The molecule has 4 rings (SSSR count). The summed E-state index contributed by atoms with van der Waals surface area (Å²) in [5.74, 6) is -2.65. The SMILES string of the molecule is Nc1onc(-c2ccc3ccccc3n2)c1C(=O)Nc1ccc(F)cc1F. The first-order chi connectivity index (χ1) is 13.0. The molecule has 0 saturated carbocycles. The highest BCUT2D eigenvalue weighted by Crippen LogP contribution is 2.28. The van der Waals surface area contributed by atoms with Gasteiger partial charge in [-0.3, -0.25) is 4.79 Å². The number of benzene rings is 2. The fourth-order valence-corrected chi connectivity index (χ4v) is 2.67. The molecule has 3 N–H and O–H groups in total. The van der Waals surface area contributed by atoms with Gasteiger partial charge in [-0.2, -0.15) is 0 Å². The fourth-order valence-electron chi connectivity index (χ4n) is 2.67. The standard InChI is InChI=1S/C19H12F2N4O2/c20-11-6-8-14(12(21)9-11)24-19(26)16-17(25-27-18(16)22)15-7-5-10-3-1-2-4-13(10)23-15/h1-9H,22H2,(H,24,26). The van der Waals surface area contributed by atoms with E-state index in [2.05, 4.69) is 15.5 Å². The molecule has 2 heterocycles. The number of halogens is 2. The van der Waals surface area contributed by atoms with E-state index in [1.807, 2.05) is 30.3 Å². The summed E-state index contributed by atoms with van der Waals surface area (Å²) in [4.78, 5) is 17.1. The number of nitrogens with one attached hydrogen (secondary N) is 1. The summed E-state index contributed by atoms with van der Waals surface area (Å²) < 4.78 is 31.8. The molecule has 2 aromatic heterocycles. The number of hydrogen-bond donors (Lipinski definition) is 2. The highest BCUT2D eigenvalue weighted by Gasteiger charge is 2.24. The van der Waals surface area contributed by atoms with Crippen molar-refractivity contribution in [1.82, 2.24) is 10.1 Å². The number of carbonyl (C=O) groups excluding carboxylic acids is 1. The average molecular weight is 366 g/mol. The number of amides is 1. The van der Waals surface area contributed by atoms with E-state index in [1.54, 1.807) is 6.07 Å². The minimum Gasteiger partial charge on any atom is -0.367 e. The average Bonchev–Trinajstić information content (AvgIpc) is 3.05. The number of nitrogens with zero attached hydrogens (tertiary/aromatic N) is 2. The topological polar surface area (TPSA) is 94.0 Å². The first kappa shape index (κ1) is 16.6. The van der Waals surface area contributed by atoms with Crippen LogP contribution in [-0.2, 0) is 0 Å². The molecule has 0 radical (unpaired) electrons. The first-order valence-corrected chi connectivity index (χ1v) is 7.90. The minimum atomic E-state index is -0.913. The maximum atomic E-state index is 13.8. The highest BCUT2D eigenvalue weighted by atomic mass is 19.1. The van der Waals surface area contributed by atoms with Crippen molar-refractivity contribution in [3.8, 4) is 11.4 Å². The van der Waals surface area contributed by atoms with E-state index in [9.17, 15) is 13.6 Å². The Morgan fingerprint density at radius 2 is 1.89 bits per heavy atom. The summed E-state index contributed by atoms with van der Waals surface area (Å²) in [5.41, 5.74) is 6.66. The van der Waals surface area contributed by atoms with Crippen LogP contribution in [0.3, 0.4) is 0 Å². The Morgan fingerprint density at radius 1 is 1.07 bits per heavy atom. The summed E-state index contributed by atoms with van der Waals surface area (Å²) in [7, 11) is 0. The normalized spacial score (nSPS) is 10.9. The number of pyridine rings is 1. The molecule has 4 aromatic rings. The zero-order valence-electron chi connectivity index (χ0n) is 13.7. The Labute approximate surface area is 151 Å². The molecule has 0 fully saturated rings. The molecule has 0 aliphatic carbocycles. The molecule has 27 heavy (non-hydrogen) atoms. The van der Waals surface area contributed by atoms with E-state index in [0.29, 0.717) is 17.3 Å². The van der Waals surface area contributed by atoms with Crippen LogP contribution in [0.2, 0.25) is 0 Å². The number of fused-ring (bicyclic) bond motifs is 1. The lowest BCUT2D eigenvalue weighted by Gasteiger charge is -2.07. The van der Waals surface area contributed by atoms with Gasteiger partial charge in [0.05, 0.1) is 16.9 Å². The van der Waals surface area contributed by atoms with Crippen molar-refractivity contribution in [3.05, 3.63) is 71.8 Å². The Bertz CT molecular complexity index is 1170. The van der Waals surface area contributed by atoms with Crippen molar-refractivity contribution >= 4 is 28.4 Å². The zero-order chi connectivity index (χ0) is 19.0. The molecule has 2 aromatic carbocycles. The van der Waals surface area contributed by atoms with Crippen LogP contribution in [0.15, 0.2) is 59.1 Å². The van der Waals surface area contributed by atoms with Gasteiger partial charge in [0.25, 0.3) is 5.91 Å². The molecule has 6 nitrogen and oxygen atoms in total.